The molecule has 0 aliphatic carbocycles. The number of amides is 1. The van der Waals surface area contributed by atoms with Gasteiger partial charge in [0.1, 0.15) is 5.52 Å². The number of hydrogen-bond acceptors (Lipinski definition) is 4. The molecule has 3 rings (SSSR count). The molecule has 2 aromatic heterocycles. The number of anilines is 1. The van der Waals surface area contributed by atoms with E-state index in [-0.39, 0.29) is 23.3 Å². The predicted molar refractivity (Wildman–Crippen MR) is 120 cm³/mol. The van der Waals surface area contributed by atoms with Crippen molar-refractivity contribution in [3.05, 3.63) is 51.9 Å². The maximum atomic E-state index is 13.0. The zero-order valence-corrected chi connectivity index (χ0v) is 18.4. The summed E-state index contributed by atoms with van der Waals surface area (Å²) < 4.78 is 1.69. The third-order valence-electron chi connectivity index (χ3n) is 5.01. The second-order valence-electron chi connectivity index (χ2n) is 7.65. The number of thioether (sulfide) groups is 1. The average molecular weight is 413 g/mol. The summed E-state index contributed by atoms with van der Waals surface area (Å²) in [5.41, 5.74) is 3.95. The molecular formula is C22H28N4O2S. The first-order valence-electron chi connectivity index (χ1n) is 9.94. The van der Waals surface area contributed by atoms with Crippen molar-refractivity contribution in [3.63, 3.8) is 0 Å². The van der Waals surface area contributed by atoms with E-state index in [2.05, 4.69) is 29.1 Å². The summed E-state index contributed by atoms with van der Waals surface area (Å²) >= 11 is 1.29. The van der Waals surface area contributed by atoms with Gasteiger partial charge in [-0.2, -0.15) is 0 Å². The Labute approximate surface area is 175 Å². The molecule has 0 bridgehead atoms. The van der Waals surface area contributed by atoms with Gasteiger partial charge in [0, 0.05) is 17.4 Å². The van der Waals surface area contributed by atoms with Gasteiger partial charge in [-0.05, 0) is 49.9 Å². The van der Waals surface area contributed by atoms with Crippen LogP contribution in [0.5, 0.6) is 0 Å². The van der Waals surface area contributed by atoms with Crippen LogP contribution in [0.1, 0.15) is 57.3 Å². The number of rotatable bonds is 7. The number of nitrogens with zero attached hydrogens (tertiary/aromatic N) is 2. The molecule has 6 nitrogen and oxygen atoms in total. The summed E-state index contributed by atoms with van der Waals surface area (Å²) in [5, 5.41) is 3.49. The van der Waals surface area contributed by atoms with Gasteiger partial charge in [0.05, 0.1) is 11.3 Å². The smallest absolute Gasteiger partial charge is 0.278 e. The molecule has 0 aliphatic rings. The van der Waals surface area contributed by atoms with E-state index in [1.165, 1.54) is 17.3 Å². The molecule has 3 aromatic rings. The van der Waals surface area contributed by atoms with Gasteiger partial charge in [0.2, 0.25) is 5.91 Å². The molecule has 2 heterocycles. The van der Waals surface area contributed by atoms with Gasteiger partial charge in [-0.1, -0.05) is 44.7 Å². The molecule has 0 spiro atoms. The van der Waals surface area contributed by atoms with E-state index in [1.54, 1.807) is 4.57 Å². The highest BCUT2D eigenvalue weighted by Gasteiger charge is 2.18. The van der Waals surface area contributed by atoms with E-state index in [9.17, 15) is 9.59 Å². The molecule has 0 saturated carbocycles. The van der Waals surface area contributed by atoms with Gasteiger partial charge in [0.25, 0.3) is 5.56 Å². The summed E-state index contributed by atoms with van der Waals surface area (Å²) in [7, 11) is 0. The molecule has 0 aliphatic heterocycles. The van der Waals surface area contributed by atoms with E-state index >= 15 is 0 Å². The summed E-state index contributed by atoms with van der Waals surface area (Å²) in [4.78, 5) is 33.2. The molecule has 7 heteroatoms. The molecule has 0 saturated heterocycles. The topological polar surface area (TPSA) is 79.8 Å². The number of hydrogen-bond donors (Lipinski definition) is 2. The second kappa shape index (κ2) is 8.86. The maximum Gasteiger partial charge on any atom is 0.278 e. The van der Waals surface area contributed by atoms with E-state index in [0.29, 0.717) is 22.1 Å². The minimum Gasteiger partial charge on any atom is -0.353 e. The van der Waals surface area contributed by atoms with Crippen molar-refractivity contribution < 1.29 is 4.79 Å². The first-order chi connectivity index (χ1) is 13.8. The minimum atomic E-state index is -0.123. The van der Waals surface area contributed by atoms with Crippen LogP contribution in [0.4, 0.5) is 5.69 Å². The van der Waals surface area contributed by atoms with Crippen LogP contribution in [0.25, 0.3) is 11.0 Å². The molecule has 1 atom stereocenters. The molecule has 0 radical (unpaired) electrons. The number of carbonyl (C=O) groups is 1. The Bertz CT molecular complexity index is 1070. The normalized spacial score (nSPS) is 12.5. The van der Waals surface area contributed by atoms with Crippen LogP contribution in [0.3, 0.4) is 0 Å². The van der Waals surface area contributed by atoms with Crippen LogP contribution in [0.15, 0.2) is 40.3 Å². The fourth-order valence-corrected chi connectivity index (χ4v) is 4.04. The number of H-pyrrole nitrogens is 1. The highest BCUT2D eigenvalue weighted by molar-refractivity contribution is 7.99. The lowest BCUT2D eigenvalue weighted by atomic mass is 10.0. The first kappa shape index (κ1) is 21.2. The Kier molecular flexibility index (Phi) is 6.47. The molecule has 1 unspecified atom stereocenters. The number of aryl methyl sites for hydroxylation is 1. The van der Waals surface area contributed by atoms with Gasteiger partial charge >= 0.3 is 0 Å². The number of nitrogens with one attached hydrogen (secondary N) is 2. The molecule has 29 heavy (non-hydrogen) atoms. The summed E-state index contributed by atoms with van der Waals surface area (Å²) in [6, 6.07) is 9.74. The molecule has 2 N–H and O–H groups in total. The Morgan fingerprint density at radius 2 is 1.93 bits per heavy atom. The number of fused-ring (bicyclic) bond motifs is 1. The van der Waals surface area contributed by atoms with Gasteiger partial charge in [-0.25, -0.2) is 4.98 Å². The highest BCUT2D eigenvalue weighted by atomic mass is 32.2. The monoisotopic (exact) mass is 412 g/mol. The molecule has 1 aromatic carbocycles. The Morgan fingerprint density at radius 1 is 1.24 bits per heavy atom. The van der Waals surface area contributed by atoms with Crippen LogP contribution < -0.4 is 10.9 Å². The molecule has 1 amide bonds. The van der Waals surface area contributed by atoms with Crippen molar-refractivity contribution in [3.8, 4) is 0 Å². The third-order valence-corrected chi connectivity index (χ3v) is 5.96. The quantitative estimate of drug-likeness (QED) is 0.429. The largest absolute Gasteiger partial charge is 0.353 e. The zero-order valence-electron chi connectivity index (χ0n) is 17.6. The predicted octanol–water partition coefficient (Wildman–Crippen LogP) is 4.86. The van der Waals surface area contributed by atoms with Gasteiger partial charge in [-0.3, -0.25) is 14.2 Å². The van der Waals surface area contributed by atoms with Crippen molar-refractivity contribution in [2.75, 3.05) is 11.1 Å². The Balaban J connectivity index is 1.78. The number of aromatic amines is 1. The summed E-state index contributed by atoms with van der Waals surface area (Å²) in [6.45, 7) is 10.2. The lowest BCUT2D eigenvalue weighted by Crippen LogP contribution is -2.26. The van der Waals surface area contributed by atoms with Crippen molar-refractivity contribution in [1.82, 2.24) is 14.5 Å². The highest BCUT2D eigenvalue weighted by Crippen LogP contribution is 2.23. The summed E-state index contributed by atoms with van der Waals surface area (Å²) in [6.07, 6.45) is 0.800. The van der Waals surface area contributed by atoms with Crippen molar-refractivity contribution in [1.29, 1.82) is 0 Å². The Morgan fingerprint density at radius 3 is 2.55 bits per heavy atom. The first-order valence-corrected chi connectivity index (χ1v) is 10.9. The lowest BCUT2D eigenvalue weighted by molar-refractivity contribution is -0.113. The van der Waals surface area contributed by atoms with Gasteiger partial charge in [-0.15, -0.1) is 0 Å². The van der Waals surface area contributed by atoms with E-state index < -0.39 is 0 Å². The fraction of sp³-hybridized carbons (Fsp3) is 0.409. The van der Waals surface area contributed by atoms with Crippen LogP contribution in [-0.2, 0) is 4.79 Å². The van der Waals surface area contributed by atoms with Crippen LogP contribution in [0, 0.1) is 6.92 Å². The zero-order chi connectivity index (χ0) is 21.1. The van der Waals surface area contributed by atoms with E-state index in [1.807, 2.05) is 51.1 Å². The van der Waals surface area contributed by atoms with Crippen LogP contribution >= 0.6 is 11.8 Å². The van der Waals surface area contributed by atoms with Crippen molar-refractivity contribution >= 4 is 34.4 Å². The van der Waals surface area contributed by atoms with Crippen LogP contribution in [0.2, 0.25) is 0 Å². The third kappa shape index (κ3) is 4.72. The van der Waals surface area contributed by atoms with Gasteiger partial charge in [0.15, 0.2) is 5.16 Å². The van der Waals surface area contributed by atoms with E-state index in [4.69, 9.17) is 0 Å². The average Bonchev–Trinajstić information content (AvgIpc) is 3.07. The molecule has 0 fully saturated rings. The SMILES string of the molecule is CCC(C)n1c(SCC(=O)Nc2ccc(C(C)C)cc2)nc2cc(C)[nH]c2c1=O. The van der Waals surface area contributed by atoms with E-state index in [0.717, 1.165) is 17.8 Å². The number of benzene rings is 1. The number of carbonyl (C=O) groups excluding carboxylic acids is 1. The van der Waals surface area contributed by atoms with Crippen molar-refractivity contribution in [2.45, 2.75) is 58.2 Å². The Hall–Kier alpha value is -2.54. The number of aromatic nitrogens is 3. The standard InChI is InChI=1S/C22H28N4O2S/c1-6-15(5)26-21(28)20-18(11-14(4)23-20)25-22(26)29-12-19(27)24-17-9-7-16(8-10-17)13(2)3/h7-11,13,15,23H,6,12H2,1-5H3,(H,24,27). The summed E-state index contributed by atoms with van der Waals surface area (Å²) in [5.74, 6) is 0.511. The molecular weight excluding hydrogens is 384 g/mol. The maximum absolute atomic E-state index is 13.0. The minimum absolute atomic E-state index is 0.00264. The van der Waals surface area contributed by atoms with Gasteiger partial charge < -0.3 is 10.3 Å². The molecule has 154 valence electrons. The lowest BCUT2D eigenvalue weighted by Gasteiger charge is -2.17. The van der Waals surface area contributed by atoms with Crippen LogP contribution in [-0.4, -0.2) is 26.2 Å². The fourth-order valence-electron chi connectivity index (χ4n) is 3.14. The second-order valence-corrected chi connectivity index (χ2v) is 8.60. The van der Waals surface area contributed by atoms with Crippen molar-refractivity contribution in [2.24, 2.45) is 0 Å².